The Morgan fingerprint density at radius 2 is 2.00 bits per heavy atom. The van der Waals surface area contributed by atoms with Crippen molar-refractivity contribution in [1.82, 2.24) is 5.32 Å². The lowest BCUT2D eigenvalue weighted by Crippen LogP contribution is -2.31. The van der Waals surface area contributed by atoms with E-state index in [1.165, 1.54) is 0 Å². The number of hydrogen-bond acceptors (Lipinski definition) is 3. The maximum Gasteiger partial charge on any atom is 0.398 e. The van der Waals surface area contributed by atoms with Gasteiger partial charge in [-0.25, -0.2) is 0 Å². The number of amides is 1. The molecule has 2 N–H and O–H groups in total. The Kier molecular flexibility index (Phi) is 4.80. The van der Waals surface area contributed by atoms with Crippen LogP contribution in [0, 0.1) is 0 Å². The molecule has 0 atom stereocenters. The average molecular weight is 304 g/mol. The zero-order valence-electron chi connectivity index (χ0n) is 10.7. The summed E-state index contributed by atoms with van der Waals surface area (Å²) in [5, 5.41) is 5.69. The number of carbonyl (C=O) groups is 1. The summed E-state index contributed by atoms with van der Waals surface area (Å²) in [4.78, 5) is 12.0. The number of nitrogens with one attached hydrogen (secondary N) is 2. The quantitative estimate of drug-likeness (QED) is 0.794. The summed E-state index contributed by atoms with van der Waals surface area (Å²) < 4.78 is 36.7. The molecule has 0 aliphatic heterocycles. The molecule has 1 aromatic carbocycles. The second-order valence-corrected chi connectivity index (χ2v) is 5.61. The third kappa shape index (κ3) is 5.32. The van der Waals surface area contributed by atoms with Crippen LogP contribution in [0.5, 0.6) is 0 Å². The van der Waals surface area contributed by atoms with Gasteiger partial charge in [-0.2, -0.15) is 13.2 Å². The Morgan fingerprint density at radius 1 is 1.30 bits per heavy atom. The molecule has 20 heavy (non-hydrogen) atoms. The number of halogens is 3. The molecule has 0 saturated heterocycles. The van der Waals surface area contributed by atoms with Gasteiger partial charge in [-0.1, -0.05) is 12.1 Å². The van der Waals surface area contributed by atoms with Crippen LogP contribution in [0.3, 0.4) is 0 Å². The lowest BCUT2D eigenvalue weighted by Gasteiger charge is -2.12. The van der Waals surface area contributed by atoms with E-state index >= 15 is 0 Å². The lowest BCUT2D eigenvalue weighted by atomic mass is 10.3. The molecule has 1 amide bonds. The highest BCUT2D eigenvalue weighted by atomic mass is 32.2. The van der Waals surface area contributed by atoms with Gasteiger partial charge in [0, 0.05) is 16.6 Å². The van der Waals surface area contributed by atoms with Crippen molar-refractivity contribution in [2.45, 2.75) is 30.0 Å². The molecule has 0 bridgehead atoms. The number of carbonyl (C=O) groups excluding carboxylic acids is 1. The number of hydrogen-bond donors (Lipinski definition) is 2. The number of alkyl halides is 3. The molecule has 2 rings (SSSR count). The van der Waals surface area contributed by atoms with E-state index in [4.69, 9.17) is 0 Å². The van der Waals surface area contributed by atoms with Gasteiger partial charge < -0.3 is 10.6 Å². The van der Waals surface area contributed by atoms with E-state index in [0.29, 0.717) is 22.3 Å². The first kappa shape index (κ1) is 15.0. The molecule has 0 aromatic heterocycles. The maximum atomic E-state index is 12.2. The molecule has 1 saturated carbocycles. The molecule has 110 valence electrons. The predicted octanol–water partition coefficient (Wildman–Crippen LogP) is 3.03. The van der Waals surface area contributed by atoms with Crippen molar-refractivity contribution in [3.05, 3.63) is 24.3 Å². The van der Waals surface area contributed by atoms with Crippen molar-refractivity contribution in [3.63, 3.8) is 0 Å². The summed E-state index contributed by atoms with van der Waals surface area (Å²) in [7, 11) is 0. The standard InChI is InChI=1S/C13H15F3N2OS/c14-13(15,16)8-20-11-4-2-1-3-10(11)17-7-12(19)18-9-5-6-9/h1-4,9,17H,5-8H2,(H,18,19). The molecule has 1 fully saturated rings. The highest BCUT2D eigenvalue weighted by Gasteiger charge is 2.27. The first-order valence-electron chi connectivity index (χ1n) is 6.26. The monoisotopic (exact) mass is 304 g/mol. The molecule has 0 heterocycles. The van der Waals surface area contributed by atoms with E-state index in [0.717, 1.165) is 12.8 Å². The molecular weight excluding hydrogens is 289 g/mol. The van der Waals surface area contributed by atoms with E-state index < -0.39 is 11.9 Å². The van der Waals surface area contributed by atoms with Crippen LogP contribution in [0.25, 0.3) is 0 Å². The van der Waals surface area contributed by atoms with Crippen LogP contribution in [-0.2, 0) is 4.79 Å². The van der Waals surface area contributed by atoms with Gasteiger partial charge >= 0.3 is 6.18 Å². The summed E-state index contributed by atoms with van der Waals surface area (Å²) in [6.07, 6.45) is -2.20. The van der Waals surface area contributed by atoms with Crippen LogP contribution in [0.15, 0.2) is 29.2 Å². The summed E-state index contributed by atoms with van der Waals surface area (Å²) in [5.74, 6) is -1.08. The van der Waals surface area contributed by atoms with Crippen LogP contribution in [-0.4, -0.2) is 30.4 Å². The van der Waals surface area contributed by atoms with Gasteiger partial charge in [-0.05, 0) is 25.0 Å². The number of thioether (sulfide) groups is 1. The predicted molar refractivity (Wildman–Crippen MR) is 72.9 cm³/mol. The second kappa shape index (κ2) is 6.39. The highest BCUT2D eigenvalue weighted by molar-refractivity contribution is 7.99. The van der Waals surface area contributed by atoms with E-state index in [9.17, 15) is 18.0 Å². The van der Waals surface area contributed by atoms with E-state index in [1.54, 1.807) is 24.3 Å². The Labute approximate surface area is 119 Å². The largest absolute Gasteiger partial charge is 0.398 e. The van der Waals surface area contributed by atoms with Crippen LogP contribution in [0.1, 0.15) is 12.8 Å². The maximum absolute atomic E-state index is 12.2. The Balaban J connectivity index is 1.87. The van der Waals surface area contributed by atoms with Crippen molar-refractivity contribution in [3.8, 4) is 0 Å². The Morgan fingerprint density at radius 3 is 2.65 bits per heavy atom. The third-order valence-corrected chi connectivity index (χ3v) is 3.80. The molecule has 3 nitrogen and oxygen atoms in total. The molecule has 0 spiro atoms. The van der Waals surface area contributed by atoms with Crippen LogP contribution in [0.4, 0.5) is 18.9 Å². The average Bonchev–Trinajstić information content (AvgIpc) is 3.18. The SMILES string of the molecule is O=C(CNc1ccccc1SCC(F)(F)F)NC1CC1. The summed E-state index contributed by atoms with van der Waals surface area (Å²) in [6, 6.07) is 6.95. The smallest absolute Gasteiger partial charge is 0.375 e. The molecular formula is C13H15F3N2OS. The van der Waals surface area contributed by atoms with Crippen molar-refractivity contribution in [2.75, 3.05) is 17.6 Å². The normalized spacial score (nSPS) is 14.9. The van der Waals surface area contributed by atoms with Gasteiger partial charge in [0.25, 0.3) is 0 Å². The van der Waals surface area contributed by atoms with Gasteiger partial charge in [0.1, 0.15) is 0 Å². The van der Waals surface area contributed by atoms with Crippen LogP contribution >= 0.6 is 11.8 Å². The lowest BCUT2D eigenvalue weighted by molar-refractivity contribution is -0.119. The molecule has 1 aliphatic carbocycles. The zero-order valence-corrected chi connectivity index (χ0v) is 11.5. The molecule has 1 aliphatic rings. The fourth-order valence-electron chi connectivity index (χ4n) is 1.58. The number of benzene rings is 1. The van der Waals surface area contributed by atoms with E-state index in [-0.39, 0.29) is 18.5 Å². The summed E-state index contributed by atoms with van der Waals surface area (Å²) in [6.45, 7) is 0.0695. The van der Waals surface area contributed by atoms with Crippen molar-refractivity contribution in [1.29, 1.82) is 0 Å². The molecule has 0 unspecified atom stereocenters. The highest BCUT2D eigenvalue weighted by Crippen LogP contribution is 2.31. The fraction of sp³-hybridized carbons (Fsp3) is 0.462. The van der Waals surface area contributed by atoms with Crippen LogP contribution < -0.4 is 10.6 Å². The van der Waals surface area contributed by atoms with Gasteiger partial charge in [0.05, 0.1) is 12.3 Å². The van der Waals surface area contributed by atoms with Crippen molar-refractivity contribution < 1.29 is 18.0 Å². The summed E-state index contributed by atoms with van der Waals surface area (Å²) in [5.41, 5.74) is 0.549. The van der Waals surface area contributed by atoms with E-state index in [1.807, 2.05) is 0 Å². The summed E-state index contributed by atoms with van der Waals surface area (Å²) >= 11 is 0.713. The third-order valence-electron chi connectivity index (χ3n) is 2.66. The van der Waals surface area contributed by atoms with Gasteiger partial charge in [-0.15, -0.1) is 11.8 Å². The van der Waals surface area contributed by atoms with Crippen LogP contribution in [0.2, 0.25) is 0 Å². The van der Waals surface area contributed by atoms with Gasteiger partial charge in [0.15, 0.2) is 0 Å². The Bertz CT molecular complexity index is 475. The number of para-hydroxylation sites is 1. The first-order valence-corrected chi connectivity index (χ1v) is 7.24. The number of rotatable bonds is 6. The number of anilines is 1. The molecule has 0 radical (unpaired) electrons. The van der Waals surface area contributed by atoms with Gasteiger partial charge in [0.2, 0.25) is 5.91 Å². The zero-order chi connectivity index (χ0) is 14.6. The topological polar surface area (TPSA) is 41.1 Å². The minimum absolute atomic E-state index is 0.0695. The van der Waals surface area contributed by atoms with Crippen molar-refractivity contribution in [2.24, 2.45) is 0 Å². The Hall–Kier alpha value is -1.37. The molecule has 7 heteroatoms. The second-order valence-electron chi connectivity index (χ2n) is 4.60. The first-order chi connectivity index (χ1) is 9.44. The fourth-order valence-corrected chi connectivity index (χ4v) is 2.37. The minimum Gasteiger partial charge on any atom is -0.375 e. The molecule has 1 aromatic rings. The van der Waals surface area contributed by atoms with E-state index in [2.05, 4.69) is 10.6 Å². The minimum atomic E-state index is -4.21. The van der Waals surface area contributed by atoms with Gasteiger partial charge in [-0.3, -0.25) is 4.79 Å². The van der Waals surface area contributed by atoms with Crippen molar-refractivity contribution >= 4 is 23.4 Å².